The lowest BCUT2D eigenvalue weighted by Gasteiger charge is -2.14. The Balaban J connectivity index is 1.20. The van der Waals surface area contributed by atoms with Crippen molar-refractivity contribution in [2.24, 2.45) is 0 Å². The fourth-order valence-electron chi connectivity index (χ4n) is 6.51. The average molecular weight is 575 g/mol. The van der Waals surface area contributed by atoms with Gasteiger partial charge < -0.3 is 4.42 Å². The molecule has 3 heterocycles. The third-order valence-corrected chi connectivity index (χ3v) is 8.75. The average Bonchev–Trinajstić information content (AvgIpc) is 3.49. The van der Waals surface area contributed by atoms with Gasteiger partial charge in [-0.3, -0.25) is 4.98 Å². The lowest BCUT2D eigenvalue weighted by Crippen LogP contribution is -1.93. The first-order valence-electron chi connectivity index (χ1n) is 15.2. The van der Waals surface area contributed by atoms with Gasteiger partial charge in [0, 0.05) is 33.3 Å². The first-order chi connectivity index (χ1) is 22.3. The van der Waals surface area contributed by atoms with Gasteiger partial charge >= 0.3 is 0 Å². The molecule has 3 aromatic heterocycles. The first-order valence-corrected chi connectivity index (χ1v) is 15.2. The summed E-state index contributed by atoms with van der Waals surface area (Å²) in [7, 11) is 0. The van der Waals surface area contributed by atoms with Gasteiger partial charge in [0.2, 0.25) is 0 Å². The Hall–Kier alpha value is -6.06. The largest absolute Gasteiger partial charge is 0.456 e. The molecule has 45 heavy (non-hydrogen) atoms. The van der Waals surface area contributed by atoms with Crippen LogP contribution in [0.4, 0.5) is 0 Å². The van der Waals surface area contributed by atoms with E-state index in [1.54, 1.807) is 0 Å². The summed E-state index contributed by atoms with van der Waals surface area (Å²) in [5.74, 6) is 0. The maximum atomic E-state index is 6.05. The maximum absolute atomic E-state index is 6.05. The molecule has 0 spiro atoms. The number of furan rings is 1. The molecular formula is C42H26N2O. The number of hydrogen-bond donors (Lipinski definition) is 0. The summed E-state index contributed by atoms with van der Waals surface area (Å²) in [6, 6.07) is 53.1. The zero-order valence-electron chi connectivity index (χ0n) is 24.3. The third-order valence-electron chi connectivity index (χ3n) is 8.75. The third kappa shape index (κ3) is 4.29. The van der Waals surface area contributed by atoms with Gasteiger partial charge in [-0.2, -0.15) is 0 Å². The minimum Gasteiger partial charge on any atom is -0.456 e. The Bertz CT molecular complexity index is 2510. The second-order valence-corrected chi connectivity index (χ2v) is 11.4. The summed E-state index contributed by atoms with van der Waals surface area (Å²) in [6.07, 6.45) is 1.90. The minimum absolute atomic E-state index is 0.904. The van der Waals surface area contributed by atoms with E-state index in [1.165, 1.54) is 5.56 Å². The number of pyridine rings is 2. The van der Waals surface area contributed by atoms with Gasteiger partial charge in [0.1, 0.15) is 11.2 Å². The topological polar surface area (TPSA) is 38.9 Å². The highest BCUT2D eigenvalue weighted by Gasteiger charge is 2.15. The Morgan fingerprint density at radius 3 is 1.78 bits per heavy atom. The fraction of sp³-hybridized carbons (Fsp3) is 0. The van der Waals surface area contributed by atoms with E-state index in [0.717, 1.165) is 82.8 Å². The van der Waals surface area contributed by atoms with Crippen LogP contribution in [0.15, 0.2) is 162 Å². The van der Waals surface area contributed by atoms with Crippen LogP contribution in [0.25, 0.3) is 88.4 Å². The molecule has 0 radical (unpaired) electrons. The number of rotatable bonds is 4. The highest BCUT2D eigenvalue weighted by molar-refractivity contribution is 6.12. The van der Waals surface area contributed by atoms with Crippen molar-refractivity contribution in [1.29, 1.82) is 0 Å². The van der Waals surface area contributed by atoms with Gasteiger partial charge in [0.25, 0.3) is 0 Å². The van der Waals surface area contributed by atoms with Crippen LogP contribution in [0, 0.1) is 0 Å². The van der Waals surface area contributed by atoms with E-state index in [2.05, 4.69) is 133 Å². The second kappa shape index (κ2) is 10.3. The molecule has 0 unspecified atom stereocenters. The van der Waals surface area contributed by atoms with Crippen LogP contribution in [0.5, 0.6) is 0 Å². The first kappa shape index (κ1) is 25.4. The van der Waals surface area contributed by atoms with Gasteiger partial charge in [0.05, 0.1) is 16.7 Å². The van der Waals surface area contributed by atoms with Crippen molar-refractivity contribution in [3.05, 3.63) is 158 Å². The quantitative estimate of drug-likeness (QED) is 0.196. The van der Waals surface area contributed by atoms with Gasteiger partial charge in [-0.1, -0.05) is 121 Å². The lowest BCUT2D eigenvalue weighted by molar-refractivity contribution is 0.669. The van der Waals surface area contributed by atoms with Crippen LogP contribution in [0.1, 0.15) is 0 Å². The van der Waals surface area contributed by atoms with E-state index in [-0.39, 0.29) is 0 Å². The Labute approximate surface area is 260 Å². The van der Waals surface area contributed by atoms with Crippen molar-refractivity contribution >= 4 is 43.7 Å². The molecule has 0 bridgehead atoms. The molecule has 0 aliphatic rings. The van der Waals surface area contributed by atoms with E-state index in [1.807, 2.05) is 24.4 Å². The van der Waals surface area contributed by atoms with E-state index in [9.17, 15) is 0 Å². The Morgan fingerprint density at radius 2 is 1.00 bits per heavy atom. The summed E-state index contributed by atoms with van der Waals surface area (Å²) in [4.78, 5) is 10.2. The molecule has 210 valence electrons. The van der Waals surface area contributed by atoms with Crippen molar-refractivity contribution < 1.29 is 4.42 Å². The summed E-state index contributed by atoms with van der Waals surface area (Å²) < 4.78 is 6.05. The predicted octanol–water partition coefficient (Wildman–Crippen LogP) is 11.4. The minimum atomic E-state index is 0.904. The number of aromatic nitrogens is 2. The molecule has 0 aliphatic carbocycles. The van der Waals surface area contributed by atoms with Crippen LogP contribution in [0.2, 0.25) is 0 Å². The molecule has 0 atom stereocenters. The van der Waals surface area contributed by atoms with Crippen molar-refractivity contribution in [2.75, 3.05) is 0 Å². The van der Waals surface area contributed by atoms with Crippen LogP contribution in [-0.2, 0) is 0 Å². The van der Waals surface area contributed by atoms with E-state index in [0.29, 0.717) is 0 Å². The van der Waals surface area contributed by atoms with Crippen LogP contribution >= 0.6 is 0 Å². The van der Waals surface area contributed by atoms with E-state index in [4.69, 9.17) is 14.4 Å². The highest BCUT2D eigenvalue weighted by atomic mass is 16.3. The number of nitrogens with zero attached hydrogens (tertiary/aromatic N) is 2. The standard InChI is InChI=1S/C42H26N2O/c1-3-9-28(10-4-1)32-23-24-43-41-34(32)20-21-35-36(29-11-5-2-6-12-29)26-38(44-42(35)41)30-17-15-27(16-18-30)31-19-22-40-37(25-31)33-13-7-8-14-39(33)45-40/h1-26H. The molecular weight excluding hydrogens is 548 g/mol. The van der Waals surface area contributed by atoms with Crippen molar-refractivity contribution in [3.8, 4) is 44.6 Å². The summed E-state index contributed by atoms with van der Waals surface area (Å²) in [6.45, 7) is 0. The molecule has 0 fully saturated rings. The van der Waals surface area contributed by atoms with Gasteiger partial charge in [-0.05, 0) is 63.7 Å². The Kier molecular flexibility index (Phi) is 5.82. The molecule has 3 nitrogen and oxygen atoms in total. The van der Waals surface area contributed by atoms with Crippen molar-refractivity contribution in [2.45, 2.75) is 0 Å². The number of hydrogen-bond acceptors (Lipinski definition) is 3. The molecule has 0 saturated heterocycles. The van der Waals surface area contributed by atoms with Crippen molar-refractivity contribution in [1.82, 2.24) is 9.97 Å². The van der Waals surface area contributed by atoms with Gasteiger partial charge in [-0.25, -0.2) is 4.98 Å². The predicted molar refractivity (Wildman–Crippen MR) is 186 cm³/mol. The summed E-state index contributed by atoms with van der Waals surface area (Å²) >= 11 is 0. The number of para-hydroxylation sites is 1. The smallest absolute Gasteiger partial charge is 0.135 e. The lowest BCUT2D eigenvalue weighted by atomic mass is 9.94. The van der Waals surface area contributed by atoms with E-state index >= 15 is 0 Å². The molecule has 3 heteroatoms. The molecule has 9 rings (SSSR count). The number of benzene rings is 6. The molecule has 6 aromatic carbocycles. The summed E-state index contributed by atoms with van der Waals surface area (Å²) in [5.41, 5.74) is 12.5. The van der Waals surface area contributed by atoms with E-state index < -0.39 is 0 Å². The Morgan fingerprint density at radius 1 is 0.378 bits per heavy atom. The van der Waals surface area contributed by atoms with Crippen LogP contribution in [-0.4, -0.2) is 9.97 Å². The summed E-state index contributed by atoms with van der Waals surface area (Å²) in [5, 5.41) is 4.45. The zero-order chi connectivity index (χ0) is 29.7. The monoisotopic (exact) mass is 574 g/mol. The molecule has 0 saturated carbocycles. The SMILES string of the molecule is c1ccc(-c2ccnc3c2ccc2c(-c4ccccc4)cc(-c4ccc(-c5ccc6oc7ccccc7c6c5)cc4)nc23)cc1. The van der Waals surface area contributed by atoms with Crippen molar-refractivity contribution in [3.63, 3.8) is 0 Å². The normalized spacial score (nSPS) is 11.6. The molecule has 0 aliphatic heterocycles. The highest BCUT2D eigenvalue weighted by Crippen LogP contribution is 2.38. The second-order valence-electron chi connectivity index (χ2n) is 11.4. The van der Waals surface area contributed by atoms with Gasteiger partial charge in [0.15, 0.2) is 0 Å². The fourth-order valence-corrected chi connectivity index (χ4v) is 6.51. The maximum Gasteiger partial charge on any atom is 0.135 e. The zero-order valence-corrected chi connectivity index (χ0v) is 24.3. The van der Waals surface area contributed by atoms with Crippen LogP contribution in [0.3, 0.4) is 0 Å². The number of fused-ring (bicyclic) bond motifs is 6. The van der Waals surface area contributed by atoms with Crippen LogP contribution < -0.4 is 0 Å². The molecule has 0 amide bonds. The van der Waals surface area contributed by atoms with Gasteiger partial charge in [-0.15, -0.1) is 0 Å². The molecule has 0 N–H and O–H groups in total. The molecule has 9 aromatic rings.